The van der Waals surface area contributed by atoms with Crippen LogP contribution in [-0.2, 0) is 6.42 Å². The molecular weight excluding hydrogens is 212 g/mol. The maximum atomic E-state index is 8.57. The molecule has 0 spiro atoms. The molecule has 0 unspecified atom stereocenters. The Kier molecular flexibility index (Phi) is 2.62. The van der Waals surface area contributed by atoms with Crippen molar-refractivity contribution < 1.29 is 0 Å². The summed E-state index contributed by atoms with van der Waals surface area (Å²) >= 11 is 3.27. The van der Waals surface area contributed by atoms with Gasteiger partial charge in [0.2, 0.25) is 0 Å². The van der Waals surface area contributed by atoms with Gasteiger partial charge in [-0.05, 0) is 18.4 Å². The maximum absolute atomic E-state index is 8.57. The molecule has 0 saturated heterocycles. The van der Waals surface area contributed by atoms with Gasteiger partial charge in [0, 0.05) is 15.8 Å². The lowest BCUT2D eigenvalue weighted by atomic mass is 10.2. The first-order valence-corrected chi connectivity index (χ1v) is 5.93. The minimum absolute atomic E-state index is 0.412. The largest absolute Gasteiger partial charge is 0.240 e. The van der Waals surface area contributed by atoms with E-state index < -0.39 is 0 Å². The van der Waals surface area contributed by atoms with Gasteiger partial charge in [-0.25, -0.2) is 4.98 Å². The van der Waals surface area contributed by atoms with E-state index in [2.05, 4.69) is 22.5 Å². The topological polar surface area (TPSA) is 36.7 Å². The molecule has 0 atom stereocenters. The van der Waals surface area contributed by atoms with E-state index in [0.717, 1.165) is 16.3 Å². The third-order valence-electron chi connectivity index (χ3n) is 1.87. The molecule has 70 valence electrons. The minimum atomic E-state index is 0.412. The Balaban J connectivity index is 2.41. The maximum Gasteiger partial charge on any atom is 0.108 e. The second kappa shape index (κ2) is 3.91. The summed E-state index contributed by atoms with van der Waals surface area (Å²) in [5.74, 6) is 0. The summed E-state index contributed by atoms with van der Waals surface area (Å²) in [7, 11) is 0. The van der Waals surface area contributed by atoms with Crippen molar-refractivity contribution in [2.45, 2.75) is 13.3 Å². The molecule has 2 rings (SSSR count). The van der Waals surface area contributed by atoms with E-state index in [1.807, 2.05) is 12.3 Å². The first-order valence-electron chi connectivity index (χ1n) is 4.17. The second-order valence-corrected chi connectivity index (χ2v) is 4.93. The first kappa shape index (κ1) is 9.38. The van der Waals surface area contributed by atoms with Crippen LogP contribution in [0.4, 0.5) is 0 Å². The molecule has 0 aliphatic heterocycles. The Morgan fingerprint density at radius 3 is 3.07 bits per heavy atom. The first-order chi connectivity index (χ1) is 6.81. The molecule has 2 nitrogen and oxygen atoms in total. The fourth-order valence-corrected chi connectivity index (χ4v) is 2.79. The highest BCUT2D eigenvalue weighted by molar-refractivity contribution is 7.12. The molecular formula is C10H8N2S2. The van der Waals surface area contributed by atoms with E-state index in [9.17, 15) is 0 Å². The van der Waals surface area contributed by atoms with E-state index in [0.29, 0.717) is 6.42 Å². The van der Waals surface area contributed by atoms with Crippen LogP contribution in [0.3, 0.4) is 0 Å². The molecule has 2 heterocycles. The van der Waals surface area contributed by atoms with Gasteiger partial charge in [0.1, 0.15) is 5.01 Å². The summed E-state index contributed by atoms with van der Waals surface area (Å²) < 4.78 is 0. The highest BCUT2D eigenvalue weighted by Crippen LogP contribution is 2.28. The smallest absolute Gasteiger partial charge is 0.108 e. The van der Waals surface area contributed by atoms with Crippen molar-refractivity contribution in [1.29, 1.82) is 5.26 Å². The monoisotopic (exact) mass is 220 g/mol. The van der Waals surface area contributed by atoms with Crippen LogP contribution in [0.25, 0.3) is 11.3 Å². The molecule has 0 aromatic carbocycles. The van der Waals surface area contributed by atoms with Gasteiger partial charge in [-0.1, -0.05) is 0 Å². The Morgan fingerprint density at radius 1 is 1.57 bits per heavy atom. The van der Waals surface area contributed by atoms with Gasteiger partial charge in [-0.2, -0.15) is 16.6 Å². The van der Waals surface area contributed by atoms with Gasteiger partial charge in [-0.15, -0.1) is 11.3 Å². The fraction of sp³-hybridized carbons (Fsp3) is 0.200. The molecule has 0 aliphatic carbocycles. The molecule has 0 N–H and O–H groups in total. The summed E-state index contributed by atoms with van der Waals surface area (Å²) in [5.41, 5.74) is 2.19. The molecule has 4 heteroatoms. The highest BCUT2D eigenvalue weighted by atomic mass is 32.1. The third kappa shape index (κ3) is 1.69. The number of nitrogens with zero attached hydrogens (tertiary/aromatic N) is 2. The average Bonchev–Trinajstić information content (AvgIpc) is 2.74. The Hall–Kier alpha value is -1.18. The lowest BCUT2D eigenvalue weighted by Gasteiger charge is -1.90. The van der Waals surface area contributed by atoms with Crippen molar-refractivity contribution in [1.82, 2.24) is 4.98 Å². The van der Waals surface area contributed by atoms with E-state index >= 15 is 0 Å². The predicted molar refractivity (Wildman–Crippen MR) is 59.5 cm³/mol. The zero-order valence-electron chi connectivity index (χ0n) is 7.65. The predicted octanol–water partition coefficient (Wildman–Crippen LogP) is 3.25. The van der Waals surface area contributed by atoms with Gasteiger partial charge in [0.05, 0.1) is 18.2 Å². The zero-order valence-corrected chi connectivity index (χ0v) is 9.28. The van der Waals surface area contributed by atoms with Crippen LogP contribution in [0.1, 0.15) is 9.88 Å². The second-order valence-electron chi connectivity index (χ2n) is 2.86. The number of rotatable bonds is 2. The Bertz CT molecular complexity index is 463. The van der Waals surface area contributed by atoms with Crippen molar-refractivity contribution in [2.75, 3.05) is 0 Å². The molecule has 0 bridgehead atoms. The van der Waals surface area contributed by atoms with Crippen LogP contribution in [-0.4, -0.2) is 4.98 Å². The molecule has 0 radical (unpaired) electrons. The number of aromatic nitrogens is 1. The molecule has 2 aromatic rings. The minimum Gasteiger partial charge on any atom is -0.240 e. The van der Waals surface area contributed by atoms with Crippen molar-refractivity contribution in [2.24, 2.45) is 0 Å². The standard InChI is InChI=1S/C10H8N2S2/c1-7-10(8-3-5-13-6-8)12-9(14-7)2-4-11/h3,5-6H,2H2,1H3. The highest BCUT2D eigenvalue weighted by Gasteiger charge is 2.09. The number of nitriles is 1. The van der Waals surface area contributed by atoms with Gasteiger partial charge in [-0.3, -0.25) is 0 Å². The molecule has 0 saturated carbocycles. The summed E-state index contributed by atoms with van der Waals surface area (Å²) in [5, 5.41) is 13.6. The Morgan fingerprint density at radius 2 is 2.43 bits per heavy atom. The zero-order chi connectivity index (χ0) is 9.97. The normalized spacial score (nSPS) is 10.0. The number of hydrogen-bond donors (Lipinski definition) is 0. The fourth-order valence-electron chi connectivity index (χ4n) is 1.26. The van der Waals surface area contributed by atoms with Crippen molar-refractivity contribution in [3.8, 4) is 17.3 Å². The van der Waals surface area contributed by atoms with Gasteiger partial charge < -0.3 is 0 Å². The van der Waals surface area contributed by atoms with Crippen molar-refractivity contribution in [3.63, 3.8) is 0 Å². The number of hydrogen-bond acceptors (Lipinski definition) is 4. The molecule has 0 amide bonds. The summed E-state index contributed by atoms with van der Waals surface area (Å²) in [6.07, 6.45) is 0.412. The van der Waals surface area contributed by atoms with Crippen LogP contribution in [0.15, 0.2) is 16.8 Å². The summed E-state index contributed by atoms with van der Waals surface area (Å²) in [6.45, 7) is 2.05. The van der Waals surface area contributed by atoms with Gasteiger partial charge >= 0.3 is 0 Å². The quantitative estimate of drug-likeness (QED) is 0.779. The molecule has 14 heavy (non-hydrogen) atoms. The SMILES string of the molecule is Cc1sc(CC#N)nc1-c1ccsc1. The van der Waals surface area contributed by atoms with E-state index in [1.165, 1.54) is 4.88 Å². The van der Waals surface area contributed by atoms with E-state index in [4.69, 9.17) is 5.26 Å². The van der Waals surface area contributed by atoms with Crippen LogP contribution >= 0.6 is 22.7 Å². The lowest BCUT2D eigenvalue weighted by molar-refractivity contribution is 1.19. The average molecular weight is 220 g/mol. The van der Waals surface area contributed by atoms with E-state index in [1.54, 1.807) is 22.7 Å². The molecule has 2 aromatic heterocycles. The summed E-state index contributed by atoms with van der Waals surface area (Å²) in [4.78, 5) is 5.63. The van der Waals surface area contributed by atoms with Crippen LogP contribution < -0.4 is 0 Å². The van der Waals surface area contributed by atoms with E-state index in [-0.39, 0.29) is 0 Å². The molecule has 0 fully saturated rings. The van der Waals surface area contributed by atoms with Crippen molar-refractivity contribution >= 4 is 22.7 Å². The summed E-state index contributed by atoms with van der Waals surface area (Å²) in [6, 6.07) is 4.18. The third-order valence-corrected chi connectivity index (χ3v) is 3.52. The van der Waals surface area contributed by atoms with Gasteiger partial charge in [0.15, 0.2) is 0 Å². The lowest BCUT2D eigenvalue weighted by Crippen LogP contribution is -1.80. The number of thiazole rings is 1. The van der Waals surface area contributed by atoms with Crippen molar-refractivity contribution in [3.05, 3.63) is 26.7 Å². The van der Waals surface area contributed by atoms with Crippen LogP contribution in [0, 0.1) is 18.3 Å². The Labute approximate surface area is 90.5 Å². The van der Waals surface area contributed by atoms with Crippen LogP contribution in [0.5, 0.6) is 0 Å². The van der Waals surface area contributed by atoms with Crippen LogP contribution in [0.2, 0.25) is 0 Å². The molecule has 0 aliphatic rings. The van der Waals surface area contributed by atoms with Gasteiger partial charge in [0.25, 0.3) is 0 Å². The number of aryl methyl sites for hydroxylation is 1. The number of thiophene rings is 1.